The van der Waals surface area contributed by atoms with Gasteiger partial charge in [0.2, 0.25) is 0 Å². The summed E-state index contributed by atoms with van der Waals surface area (Å²) in [5.41, 5.74) is 9.31. The first-order chi connectivity index (χ1) is 26.5. The van der Waals surface area contributed by atoms with E-state index in [0.29, 0.717) is 0 Å². The molecule has 0 amide bonds. The maximum atomic E-state index is 9.21. The molecule has 238 valence electrons. The molecule has 50 heavy (non-hydrogen) atoms. The summed E-state index contributed by atoms with van der Waals surface area (Å²) in [4.78, 5) is 4.42. The van der Waals surface area contributed by atoms with Crippen LogP contribution in [0.5, 0.6) is 0 Å². The van der Waals surface area contributed by atoms with Crippen molar-refractivity contribution in [1.82, 2.24) is 0 Å². The Morgan fingerprint density at radius 2 is 1.10 bits per heavy atom. The highest BCUT2D eigenvalue weighted by Gasteiger charge is 2.53. The van der Waals surface area contributed by atoms with E-state index in [0.717, 1.165) is 39.2 Å². The Hall–Kier alpha value is -5.58. The second-order valence-corrected chi connectivity index (χ2v) is 18.3. The molecule has 0 saturated carbocycles. The standard InChI is InChI=1S/C46H37BN2Si/c1-46(2,3)32-30-40-44-41(31-32)49-39-27-15-16-28-42(39)50(34-20-9-5-10-21-34,35-22-11-6-12-23-35)43-29-17-25-37(45(43)49)47(44)36-24-13-14-26-38(36)48(40)33-18-7-4-8-19-33/h4-31H,1-3H3/i4D,7D,8D,18D,19D. The molecule has 3 aliphatic rings. The molecule has 7 aromatic rings. The fraction of sp³-hybridized carbons (Fsp3) is 0.0870. The van der Waals surface area contributed by atoms with Crippen molar-refractivity contribution in [3.05, 3.63) is 175 Å². The lowest BCUT2D eigenvalue weighted by Gasteiger charge is -2.51. The zero-order valence-electron chi connectivity index (χ0n) is 33.3. The molecule has 7 aromatic carbocycles. The summed E-state index contributed by atoms with van der Waals surface area (Å²) < 4.78 is 44.3. The maximum absolute atomic E-state index is 9.21. The Bertz CT molecular complexity index is 2660. The van der Waals surface area contributed by atoms with E-state index in [1.807, 2.05) is 17.0 Å². The SMILES string of the molecule is [2H]c1c([2H])c([2H])c(N2c3ccccc3B3c4cccc5c4N(c4ccccc4[Si]5(c4ccccc4)c4ccccc4)c4cc(C(C)(C)C)cc2c43)c([2H])c1[2H]. The molecule has 0 bridgehead atoms. The summed E-state index contributed by atoms with van der Waals surface area (Å²) in [7, 11) is -2.89. The van der Waals surface area contributed by atoms with Gasteiger partial charge in [0.1, 0.15) is 0 Å². The summed E-state index contributed by atoms with van der Waals surface area (Å²) in [6.07, 6.45) is 0. The van der Waals surface area contributed by atoms with Crippen LogP contribution in [0.3, 0.4) is 0 Å². The molecule has 3 aliphatic heterocycles. The summed E-state index contributed by atoms with van der Waals surface area (Å²) in [6, 6.07) is 49.1. The van der Waals surface area contributed by atoms with E-state index in [1.54, 1.807) is 0 Å². The molecule has 0 fully saturated rings. The zero-order valence-corrected chi connectivity index (χ0v) is 29.3. The summed E-state index contributed by atoms with van der Waals surface area (Å²) >= 11 is 0. The van der Waals surface area contributed by atoms with Gasteiger partial charge in [-0.2, -0.15) is 0 Å². The molecule has 0 saturated heterocycles. The van der Waals surface area contributed by atoms with E-state index >= 15 is 0 Å². The van der Waals surface area contributed by atoms with Crippen LogP contribution in [0.2, 0.25) is 0 Å². The first kappa shape index (κ1) is 24.5. The van der Waals surface area contributed by atoms with Crippen LogP contribution in [0.25, 0.3) is 0 Å². The van der Waals surface area contributed by atoms with Crippen LogP contribution in [-0.4, -0.2) is 14.8 Å². The predicted molar refractivity (Wildman–Crippen MR) is 216 cm³/mol. The number of rotatable bonds is 3. The van der Waals surface area contributed by atoms with Gasteiger partial charge in [-0.3, -0.25) is 0 Å². The largest absolute Gasteiger partial charge is 0.312 e. The maximum Gasteiger partial charge on any atom is 0.252 e. The van der Waals surface area contributed by atoms with Crippen molar-refractivity contribution in [3.8, 4) is 0 Å². The fourth-order valence-corrected chi connectivity index (χ4v) is 14.0. The highest BCUT2D eigenvalue weighted by Crippen LogP contribution is 2.46. The number of hydrogen-bond donors (Lipinski definition) is 0. The lowest BCUT2D eigenvalue weighted by Crippen LogP contribution is -2.79. The van der Waals surface area contributed by atoms with Gasteiger partial charge in [0.15, 0.2) is 8.07 Å². The van der Waals surface area contributed by atoms with Crippen molar-refractivity contribution in [2.24, 2.45) is 0 Å². The van der Waals surface area contributed by atoms with E-state index in [9.17, 15) is 2.74 Å². The molecule has 0 spiro atoms. The van der Waals surface area contributed by atoms with Crippen molar-refractivity contribution >= 4 is 86.0 Å². The quantitative estimate of drug-likeness (QED) is 0.193. The molecule has 0 atom stereocenters. The molecular formula is C46H37BN2Si. The Morgan fingerprint density at radius 1 is 0.540 bits per heavy atom. The molecular weight excluding hydrogens is 619 g/mol. The number of hydrogen-bond acceptors (Lipinski definition) is 2. The lowest BCUT2D eigenvalue weighted by atomic mass is 9.33. The minimum atomic E-state index is -2.89. The monoisotopic (exact) mass is 661 g/mol. The number of benzene rings is 7. The van der Waals surface area contributed by atoms with Gasteiger partial charge in [-0.15, -0.1) is 0 Å². The van der Waals surface area contributed by atoms with Crippen molar-refractivity contribution < 1.29 is 6.85 Å². The normalized spacial score (nSPS) is 16.1. The Labute approximate surface area is 303 Å². The number of anilines is 6. The topological polar surface area (TPSA) is 6.48 Å². The van der Waals surface area contributed by atoms with E-state index in [2.05, 4.69) is 153 Å². The minimum Gasteiger partial charge on any atom is -0.312 e. The third-order valence-electron chi connectivity index (χ3n) is 10.9. The van der Waals surface area contributed by atoms with E-state index in [4.69, 9.17) is 4.11 Å². The Kier molecular flexibility index (Phi) is 5.26. The van der Waals surface area contributed by atoms with Crippen molar-refractivity contribution in [3.63, 3.8) is 0 Å². The van der Waals surface area contributed by atoms with E-state index in [1.165, 1.54) is 31.9 Å². The van der Waals surface area contributed by atoms with Crippen LogP contribution >= 0.6 is 0 Å². The average molecular weight is 662 g/mol. The van der Waals surface area contributed by atoms with Crippen molar-refractivity contribution in [2.75, 3.05) is 9.80 Å². The second-order valence-electron chi connectivity index (χ2n) is 14.6. The zero-order chi connectivity index (χ0) is 38.0. The molecule has 2 nitrogen and oxygen atoms in total. The van der Waals surface area contributed by atoms with Gasteiger partial charge in [-0.05, 0) is 84.5 Å². The van der Waals surface area contributed by atoms with Crippen LogP contribution in [0, 0.1) is 0 Å². The van der Waals surface area contributed by atoms with Crippen LogP contribution in [-0.2, 0) is 5.41 Å². The first-order valence-corrected chi connectivity index (χ1v) is 19.3. The highest BCUT2D eigenvalue weighted by molar-refractivity contribution is 7.22. The molecule has 0 aromatic heterocycles. The third kappa shape index (κ3) is 3.91. The number of nitrogens with zero attached hydrogens (tertiary/aromatic N) is 2. The average Bonchev–Trinajstić information content (AvgIpc) is 3.21. The second kappa shape index (κ2) is 10.7. The van der Waals surface area contributed by atoms with Gasteiger partial charge >= 0.3 is 0 Å². The van der Waals surface area contributed by atoms with Crippen molar-refractivity contribution in [2.45, 2.75) is 26.2 Å². The molecule has 0 unspecified atom stereocenters. The van der Waals surface area contributed by atoms with E-state index in [-0.39, 0.29) is 42.0 Å². The fourth-order valence-electron chi connectivity index (χ4n) is 8.87. The molecule has 0 N–H and O–H groups in total. The third-order valence-corrected chi connectivity index (χ3v) is 15.8. The van der Waals surface area contributed by atoms with Gasteiger partial charge in [0, 0.05) is 34.1 Å². The Morgan fingerprint density at radius 3 is 1.78 bits per heavy atom. The molecule has 3 heterocycles. The lowest BCUT2D eigenvalue weighted by molar-refractivity contribution is 0.590. The van der Waals surface area contributed by atoms with Crippen LogP contribution in [0.4, 0.5) is 34.1 Å². The molecule has 4 heteroatoms. The molecule has 0 aliphatic carbocycles. The van der Waals surface area contributed by atoms with Gasteiger partial charge in [0.25, 0.3) is 6.71 Å². The molecule has 0 radical (unpaired) electrons. The number of para-hydroxylation sites is 4. The summed E-state index contributed by atoms with van der Waals surface area (Å²) in [6.45, 7) is 6.45. The Balaban J connectivity index is 1.38. The van der Waals surface area contributed by atoms with Gasteiger partial charge in [0.05, 0.1) is 6.85 Å². The smallest absolute Gasteiger partial charge is 0.252 e. The minimum absolute atomic E-state index is 0.156. The van der Waals surface area contributed by atoms with Crippen LogP contribution in [0.15, 0.2) is 170 Å². The number of fused-ring (bicyclic) bond motifs is 6. The van der Waals surface area contributed by atoms with E-state index < -0.39 is 14.1 Å². The van der Waals surface area contributed by atoms with Gasteiger partial charge in [-0.1, -0.05) is 154 Å². The summed E-state index contributed by atoms with van der Waals surface area (Å²) in [5, 5.41) is 5.30. The van der Waals surface area contributed by atoms with Crippen molar-refractivity contribution in [1.29, 1.82) is 0 Å². The predicted octanol–water partition coefficient (Wildman–Crippen LogP) is 6.76. The van der Waals surface area contributed by atoms with Crippen LogP contribution < -0.4 is 46.9 Å². The van der Waals surface area contributed by atoms with Crippen LogP contribution in [0.1, 0.15) is 33.2 Å². The van der Waals surface area contributed by atoms with Gasteiger partial charge < -0.3 is 9.80 Å². The summed E-state index contributed by atoms with van der Waals surface area (Å²) in [5.74, 6) is 0. The highest BCUT2D eigenvalue weighted by atomic mass is 28.3. The molecule has 10 rings (SSSR count). The first-order valence-electron chi connectivity index (χ1n) is 19.8. The van der Waals surface area contributed by atoms with Gasteiger partial charge in [-0.25, -0.2) is 0 Å².